The van der Waals surface area contributed by atoms with Crippen molar-refractivity contribution < 1.29 is 9.90 Å². The summed E-state index contributed by atoms with van der Waals surface area (Å²) in [5.74, 6) is 0.391. The minimum absolute atomic E-state index is 0.144. The first-order valence-electron chi connectivity index (χ1n) is 7.65. The number of rotatable bonds is 5. The molecule has 2 N–H and O–H groups in total. The number of aliphatic hydroxyl groups excluding tert-OH is 1. The van der Waals surface area contributed by atoms with E-state index in [2.05, 4.69) is 17.2 Å². The lowest BCUT2D eigenvalue weighted by Crippen LogP contribution is -2.27. The number of fused-ring (bicyclic) bond motifs is 1. The second-order valence-corrected chi connectivity index (χ2v) is 5.32. The largest absolute Gasteiger partial charge is 0.388 e. The number of benzene rings is 2. The van der Waals surface area contributed by atoms with Gasteiger partial charge < -0.3 is 15.0 Å². The molecule has 0 saturated heterocycles. The fourth-order valence-electron chi connectivity index (χ4n) is 2.57. The van der Waals surface area contributed by atoms with Gasteiger partial charge in [-0.2, -0.15) is 0 Å². The van der Waals surface area contributed by atoms with Crippen LogP contribution in [0.2, 0.25) is 0 Å². The number of imidazole rings is 1. The average Bonchev–Trinajstić information content (AvgIpc) is 2.97. The van der Waals surface area contributed by atoms with Crippen LogP contribution in [0.3, 0.4) is 0 Å². The van der Waals surface area contributed by atoms with Gasteiger partial charge in [0.25, 0.3) is 5.91 Å². The molecule has 2 aromatic carbocycles. The maximum Gasteiger partial charge on any atom is 0.252 e. The Bertz CT molecular complexity index is 822. The molecule has 0 atom stereocenters. The number of carbonyl (C=O) groups is 1. The number of nitrogens with zero attached hydrogens (tertiary/aromatic N) is 2. The summed E-state index contributed by atoms with van der Waals surface area (Å²) in [4.78, 5) is 16.6. The van der Waals surface area contributed by atoms with E-state index in [0.717, 1.165) is 17.5 Å². The van der Waals surface area contributed by atoms with Crippen LogP contribution >= 0.6 is 0 Å². The van der Waals surface area contributed by atoms with Gasteiger partial charge in [0, 0.05) is 5.56 Å². The van der Waals surface area contributed by atoms with Gasteiger partial charge in [0.05, 0.1) is 17.7 Å². The molecule has 1 aromatic heterocycles. The quantitative estimate of drug-likeness (QED) is 0.761. The third-order valence-corrected chi connectivity index (χ3v) is 3.90. The summed E-state index contributed by atoms with van der Waals surface area (Å²) in [5, 5.41) is 12.3. The highest BCUT2D eigenvalue weighted by Gasteiger charge is 2.11. The lowest BCUT2D eigenvalue weighted by atomic mass is 10.1. The molecule has 23 heavy (non-hydrogen) atoms. The smallest absolute Gasteiger partial charge is 0.252 e. The molecule has 118 valence electrons. The van der Waals surface area contributed by atoms with E-state index in [1.54, 1.807) is 0 Å². The van der Waals surface area contributed by atoms with Gasteiger partial charge in [-0.1, -0.05) is 31.2 Å². The standard InChI is InChI=1S/C18H19N3O2/c1-2-13-7-9-14(10-8-13)18(23)19-12-21-16-6-4-3-5-15(16)20-17(21)11-22/h3-10,22H,2,11-12H2,1H3,(H,19,23). The minimum Gasteiger partial charge on any atom is -0.388 e. The van der Waals surface area contributed by atoms with Crippen molar-refractivity contribution in [1.29, 1.82) is 0 Å². The van der Waals surface area contributed by atoms with Crippen molar-refractivity contribution in [3.8, 4) is 0 Å². The van der Waals surface area contributed by atoms with E-state index in [4.69, 9.17) is 0 Å². The van der Waals surface area contributed by atoms with Crippen molar-refractivity contribution in [1.82, 2.24) is 14.9 Å². The summed E-state index contributed by atoms with van der Waals surface area (Å²) in [7, 11) is 0. The van der Waals surface area contributed by atoms with Gasteiger partial charge in [-0.15, -0.1) is 0 Å². The molecule has 1 amide bonds. The van der Waals surface area contributed by atoms with E-state index in [1.807, 2.05) is 53.1 Å². The molecule has 1 heterocycles. The molecule has 0 radical (unpaired) electrons. The number of amides is 1. The number of hydrogen-bond donors (Lipinski definition) is 2. The molecule has 0 spiro atoms. The fourth-order valence-corrected chi connectivity index (χ4v) is 2.57. The Kier molecular flexibility index (Phi) is 4.39. The van der Waals surface area contributed by atoms with Crippen LogP contribution < -0.4 is 5.32 Å². The molecule has 5 nitrogen and oxygen atoms in total. The van der Waals surface area contributed by atoms with Gasteiger partial charge in [0.15, 0.2) is 0 Å². The van der Waals surface area contributed by atoms with E-state index in [0.29, 0.717) is 11.4 Å². The van der Waals surface area contributed by atoms with Crippen LogP contribution in [-0.2, 0) is 19.7 Å². The van der Waals surface area contributed by atoms with Crippen LogP contribution in [0.1, 0.15) is 28.7 Å². The molecule has 0 aliphatic rings. The topological polar surface area (TPSA) is 67.2 Å². The van der Waals surface area contributed by atoms with Gasteiger partial charge in [-0.05, 0) is 36.2 Å². The maximum atomic E-state index is 12.3. The monoisotopic (exact) mass is 309 g/mol. The van der Waals surface area contributed by atoms with E-state index in [1.165, 1.54) is 5.56 Å². The molecule has 3 aromatic rings. The highest BCUT2D eigenvalue weighted by atomic mass is 16.3. The van der Waals surface area contributed by atoms with Crippen molar-refractivity contribution in [3.63, 3.8) is 0 Å². The van der Waals surface area contributed by atoms with Gasteiger partial charge in [-0.3, -0.25) is 4.79 Å². The van der Waals surface area contributed by atoms with Gasteiger partial charge in [-0.25, -0.2) is 4.98 Å². The summed E-state index contributed by atoms with van der Waals surface area (Å²) < 4.78 is 1.81. The highest BCUT2D eigenvalue weighted by molar-refractivity contribution is 5.94. The summed E-state index contributed by atoms with van der Waals surface area (Å²) in [5.41, 5.74) is 3.51. The van der Waals surface area contributed by atoms with Crippen LogP contribution in [0.4, 0.5) is 0 Å². The summed E-state index contributed by atoms with van der Waals surface area (Å²) in [6.07, 6.45) is 0.947. The SMILES string of the molecule is CCc1ccc(C(=O)NCn2c(CO)nc3ccccc32)cc1. The molecule has 5 heteroatoms. The Morgan fingerprint density at radius 1 is 1.17 bits per heavy atom. The zero-order chi connectivity index (χ0) is 16.2. The van der Waals surface area contributed by atoms with Crippen LogP contribution in [-0.4, -0.2) is 20.6 Å². The third kappa shape index (κ3) is 3.10. The number of aliphatic hydroxyl groups is 1. The Morgan fingerprint density at radius 2 is 1.91 bits per heavy atom. The van der Waals surface area contributed by atoms with Crippen molar-refractivity contribution in [2.24, 2.45) is 0 Å². The van der Waals surface area contributed by atoms with Crippen LogP contribution in [0.15, 0.2) is 48.5 Å². The summed E-state index contributed by atoms with van der Waals surface area (Å²) >= 11 is 0. The molecule has 0 fully saturated rings. The van der Waals surface area contributed by atoms with E-state index < -0.39 is 0 Å². The Hall–Kier alpha value is -2.66. The number of aromatic nitrogens is 2. The van der Waals surface area contributed by atoms with Crippen LogP contribution in [0.5, 0.6) is 0 Å². The average molecular weight is 309 g/mol. The normalized spacial score (nSPS) is 10.9. The molecule has 0 unspecified atom stereocenters. The molecular weight excluding hydrogens is 290 g/mol. The fraction of sp³-hybridized carbons (Fsp3) is 0.222. The van der Waals surface area contributed by atoms with Gasteiger partial charge >= 0.3 is 0 Å². The van der Waals surface area contributed by atoms with E-state index >= 15 is 0 Å². The summed E-state index contributed by atoms with van der Waals surface area (Å²) in [6, 6.07) is 15.2. The molecule has 0 aliphatic heterocycles. The number of aryl methyl sites for hydroxylation is 1. The molecule has 0 aliphatic carbocycles. The van der Waals surface area contributed by atoms with Crippen molar-refractivity contribution in [2.45, 2.75) is 26.6 Å². The highest BCUT2D eigenvalue weighted by Crippen LogP contribution is 2.15. The van der Waals surface area contributed by atoms with Crippen LogP contribution in [0.25, 0.3) is 11.0 Å². The van der Waals surface area contributed by atoms with Gasteiger partial charge in [0.1, 0.15) is 12.4 Å². The number of carbonyl (C=O) groups excluding carboxylic acids is 1. The van der Waals surface area contributed by atoms with E-state index in [9.17, 15) is 9.90 Å². The first kappa shape index (κ1) is 15.2. The van der Waals surface area contributed by atoms with Gasteiger partial charge in [0.2, 0.25) is 0 Å². The molecule has 0 bridgehead atoms. The predicted octanol–water partition coefficient (Wildman–Crippen LogP) is 2.48. The lowest BCUT2D eigenvalue weighted by Gasteiger charge is -2.10. The maximum absolute atomic E-state index is 12.3. The Balaban J connectivity index is 1.78. The van der Waals surface area contributed by atoms with Crippen molar-refractivity contribution in [3.05, 3.63) is 65.5 Å². The Labute approximate surface area is 134 Å². The summed E-state index contributed by atoms with van der Waals surface area (Å²) in [6.45, 7) is 2.18. The Morgan fingerprint density at radius 3 is 2.61 bits per heavy atom. The second kappa shape index (κ2) is 6.62. The first-order chi connectivity index (χ1) is 11.2. The third-order valence-electron chi connectivity index (χ3n) is 3.90. The zero-order valence-electron chi connectivity index (χ0n) is 13.0. The zero-order valence-corrected chi connectivity index (χ0v) is 13.0. The number of nitrogens with one attached hydrogen (secondary N) is 1. The second-order valence-electron chi connectivity index (χ2n) is 5.32. The molecule has 0 saturated carbocycles. The minimum atomic E-state index is -0.171. The first-order valence-corrected chi connectivity index (χ1v) is 7.65. The predicted molar refractivity (Wildman–Crippen MR) is 88.9 cm³/mol. The van der Waals surface area contributed by atoms with E-state index in [-0.39, 0.29) is 19.2 Å². The lowest BCUT2D eigenvalue weighted by molar-refractivity contribution is 0.0941. The molecular formula is C18H19N3O2. The molecule has 3 rings (SSSR count). The number of hydrogen-bond acceptors (Lipinski definition) is 3. The number of para-hydroxylation sites is 2. The van der Waals surface area contributed by atoms with Crippen LogP contribution in [0, 0.1) is 0 Å². The van der Waals surface area contributed by atoms with Crippen molar-refractivity contribution in [2.75, 3.05) is 0 Å². The van der Waals surface area contributed by atoms with Crippen molar-refractivity contribution >= 4 is 16.9 Å².